The Morgan fingerprint density at radius 2 is 1.97 bits per heavy atom. The molecule has 8 heteroatoms. The second kappa shape index (κ2) is 8.49. The molecule has 1 fully saturated rings. The lowest BCUT2D eigenvalue weighted by atomic mass is 9.88. The van der Waals surface area contributed by atoms with Gasteiger partial charge in [-0.2, -0.15) is 0 Å². The normalized spacial score (nSPS) is 19.2. The number of amides is 2. The van der Waals surface area contributed by atoms with Crippen molar-refractivity contribution in [3.05, 3.63) is 40.1 Å². The van der Waals surface area contributed by atoms with Gasteiger partial charge >= 0.3 is 5.97 Å². The summed E-state index contributed by atoms with van der Waals surface area (Å²) in [6.07, 6.45) is 3.16. The molecule has 0 aromatic heterocycles. The Labute approximate surface area is 186 Å². The molecule has 0 radical (unpaired) electrons. The number of anilines is 1. The van der Waals surface area contributed by atoms with Crippen LogP contribution in [0.2, 0.25) is 0 Å². The number of hydrogen-bond donors (Lipinski definition) is 0. The zero-order valence-electron chi connectivity index (χ0n) is 18.6. The molecule has 0 saturated carbocycles. The summed E-state index contributed by atoms with van der Waals surface area (Å²) < 4.78 is 20.0. The summed E-state index contributed by atoms with van der Waals surface area (Å²) in [6.45, 7) is 11.8. The minimum atomic E-state index is -0.665. The molecule has 0 unspecified atom stereocenters. The molecule has 1 aromatic rings. The predicted octanol–water partition coefficient (Wildman–Crippen LogP) is 4.84. The Hall–Kier alpha value is -2.61. The standard InChI is InChI=1S/C23H27FN2O4S/c1-7-26-18-10-17(24)15(8-16(18)14(4)11-23(26,5)6)9-19-21(28)25(22(29)31-19)12-20(27)30-13(2)3/h8-11,13H,7,12H2,1-6H3/b19-9-. The largest absolute Gasteiger partial charge is 0.462 e. The van der Waals surface area contributed by atoms with Gasteiger partial charge in [0.25, 0.3) is 11.1 Å². The Kier molecular flexibility index (Phi) is 6.32. The van der Waals surface area contributed by atoms with Crippen LogP contribution in [-0.2, 0) is 14.3 Å². The third kappa shape index (κ3) is 4.54. The van der Waals surface area contributed by atoms with Gasteiger partial charge in [-0.1, -0.05) is 6.08 Å². The maximum atomic E-state index is 15.0. The molecule has 6 nitrogen and oxygen atoms in total. The van der Waals surface area contributed by atoms with Crippen LogP contribution in [0.1, 0.15) is 52.7 Å². The number of ether oxygens (including phenoxy) is 1. The second-order valence-corrected chi connectivity index (χ2v) is 9.42. The highest BCUT2D eigenvalue weighted by Gasteiger charge is 2.37. The van der Waals surface area contributed by atoms with Crippen LogP contribution in [0.15, 0.2) is 23.1 Å². The van der Waals surface area contributed by atoms with Gasteiger partial charge in [0.05, 0.1) is 16.5 Å². The zero-order chi connectivity index (χ0) is 23.1. The van der Waals surface area contributed by atoms with E-state index < -0.39 is 29.5 Å². The van der Waals surface area contributed by atoms with Crippen molar-refractivity contribution in [3.63, 3.8) is 0 Å². The number of nitrogens with zero attached hydrogens (tertiary/aromatic N) is 2. The van der Waals surface area contributed by atoms with Gasteiger partial charge in [0.2, 0.25) is 0 Å². The number of benzene rings is 1. The van der Waals surface area contributed by atoms with Crippen molar-refractivity contribution in [1.29, 1.82) is 0 Å². The first-order valence-electron chi connectivity index (χ1n) is 10.2. The number of carbonyl (C=O) groups excluding carboxylic acids is 3. The monoisotopic (exact) mass is 446 g/mol. The van der Waals surface area contributed by atoms with Crippen LogP contribution in [0.5, 0.6) is 0 Å². The van der Waals surface area contributed by atoms with Crippen molar-refractivity contribution < 1.29 is 23.5 Å². The molecular weight excluding hydrogens is 419 g/mol. The van der Waals surface area contributed by atoms with Crippen molar-refractivity contribution in [1.82, 2.24) is 4.90 Å². The third-order valence-electron chi connectivity index (χ3n) is 5.23. The Morgan fingerprint density at radius 3 is 2.58 bits per heavy atom. The van der Waals surface area contributed by atoms with Crippen molar-refractivity contribution in [2.45, 2.75) is 53.2 Å². The number of halogens is 1. The first-order valence-corrected chi connectivity index (χ1v) is 11.0. The number of allylic oxidation sites excluding steroid dienone is 1. The summed E-state index contributed by atoms with van der Waals surface area (Å²) in [5.41, 5.74) is 2.68. The fraction of sp³-hybridized carbons (Fsp3) is 0.435. The molecule has 0 aliphatic carbocycles. The van der Waals surface area contributed by atoms with E-state index >= 15 is 4.39 Å². The van der Waals surface area contributed by atoms with Crippen molar-refractivity contribution in [2.24, 2.45) is 0 Å². The molecule has 1 aromatic carbocycles. The molecular formula is C23H27FN2O4S. The molecule has 3 rings (SSSR count). The van der Waals surface area contributed by atoms with Gasteiger partial charge in [0.1, 0.15) is 12.4 Å². The van der Waals surface area contributed by atoms with E-state index in [-0.39, 0.29) is 22.1 Å². The number of likely N-dealkylation sites (N-methyl/N-ethyl adjacent to an activating group) is 1. The van der Waals surface area contributed by atoms with Crippen LogP contribution in [0.25, 0.3) is 11.6 Å². The average Bonchev–Trinajstić information content (AvgIpc) is 2.89. The predicted molar refractivity (Wildman–Crippen MR) is 121 cm³/mol. The lowest BCUT2D eigenvalue weighted by Gasteiger charge is -2.42. The topological polar surface area (TPSA) is 66.9 Å². The number of hydrogen-bond acceptors (Lipinski definition) is 6. The number of thioether (sulfide) groups is 1. The van der Waals surface area contributed by atoms with E-state index in [1.165, 1.54) is 12.1 Å². The molecule has 2 aliphatic heterocycles. The molecule has 2 aliphatic rings. The van der Waals surface area contributed by atoms with Crippen LogP contribution < -0.4 is 4.90 Å². The van der Waals surface area contributed by atoms with E-state index in [4.69, 9.17) is 4.74 Å². The van der Waals surface area contributed by atoms with Gasteiger partial charge in [0.15, 0.2) is 0 Å². The van der Waals surface area contributed by atoms with Crippen molar-refractivity contribution in [3.8, 4) is 0 Å². The Morgan fingerprint density at radius 1 is 1.29 bits per heavy atom. The Bertz CT molecular complexity index is 1010. The van der Waals surface area contributed by atoms with Crippen molar-refractivity contribution in [2.75, 3.05) is 18.0 Å². The van der Waals surface area contributed by atoms with E-state index in [0.717, 1.165) is 21.7 Å². The smallest absolute Gasteiger partial charge is 0.326 e. The number of esters is 1. The summed E-state index contributed by atoms with van der Waals surface area (Å²) in [6, 6.07) is 3.18. The van der Waals surface area contributed by atoms with E-state index in [0.29, 0.717) is 18.3 Å². The van der Waals surface area contributed by atoms with E-state index in [1.807, 2.05) is 13.8 Å². The highest BCUT2D eigenvalue weighted by molar-refractivity contribution is 8.18. The number of rotatable bonds is 5. The zero-order valence-corrected chi connectivity index (χ0v) is 19.4. The number of fused-ring (bicyclic) bond motifs is 1. The van der Waals surface area contributed by atoms with Crippen LogP contribution in [0, 0.1) is 5.82 Å². The maximum absolute atomic E-state index is 15.0. The van der Waals surface area contributed by atoms with Crippen LogP contribution in [0.4, 0.5) is 14.9 Å². The summed E-state index contributed by atoms with van der Waals surface area (Å²) >= 11 is 0.688. The highest BCUT2D eigenvalue weighted by Crippen LogP contribution is 2.41. The molecule has 1 saturated heterocycles. The fourth-order valence-corrected chi connectivity index (χ4v) is 4.84. The Balaban J connectivity index is 1.93. The molecule has 0 spiro atoms. The quantitative estimate of drug-likeness (QED) is 0.477. The maximum Gasteiger partial charge on any atom is 0.326 e. The molecule has 0 atom stereocenters. The molecule has 166 valence electrons. The first-order chi connectivity index (χ1) is 14.4. The molecule has 0 bridgehead atoms. The van der Waals surface area contributed by atoms with Gasteiger partial charge in [-0.25, -0.2) is 4.39 Å². The lowest BCUT2D eigenvalue weighted by Crippen LogP contribution is -2.45. The average molecular weight is 447 g/mol. The SMILES string of the molecule is CCN1c2cc(F)c(/C=C3\SC(=O)N(CC(=O)OC(C)C)C3=O)cc2C(C)=CC1(C)C. The number of imide groups is 1. The summed E-state index contributed by atoms with van der Waals surface area (Å²) in [4.78, 5) is 39.8. The summed E-state index contributed by atoms with van der Waals surface area (Å²) in [7, 11) is 0. The lowest BCUT2D eigenvalue weighted by molar-refractivity contribution is -0.149. The van der Waals surface area contributed by atoms with E-state index in [9.17, 15) is 14.4 Å². The van der Waals surface area contributed by atoms with Gasteiger partial charge in [-0.15, -0.1) is 0 Å². The van der Waals surface area contributed by atoms with Crippen LogP contribution >= 0.6 is 11.8 Å². The summed E-state index contributed by atoms with van der Waals surface area (Å²) in [5.74, 6) is -1.77. The molecule has 2 heterocycles. The van der Waals surface area contributed by atoms with Crippen LogP contribution in [0.3, 0.4) is 0 Å². The minimum absolute atomic E-state index is 0.0753. The van der Waals surface area contributed by atoms with E-state index in [2.05, 4.69) is 24.8 Å². The molecule has 0 N–H and O–H groups in total. The minimum Gasteiger partial charge on any atom is -0.462 e. The summed E-state index contributed by atoms with van der Waals surface area (Å²) in [5, 5.41) is -0.578. The number of carbonyl (C=O) groups is 3. The fourth-order valence-electron chi connectivity index (χ4n) is 4.01. The van der Waals surface area contributed by atoms with E-state index in [1.54, 1.807) is 19.9 Å². The van der Waals surface area contributed by atoms with Gasteiger partial charge in [-0.3, -0.25) is 19.3 Å². The first kappa shape index (κ1) is 23.1. The van der Waals surface area contributed by atoms with Crippen molar-refractivity contribution >= 4 is 46.2 Å². The molecule has 2 amide bonds. The van der Waals surface area contributed by atoms with Gasteiger partial charge in [-0.05, 0) is 77.1 Å². The van der Waals surface area contributed by atoms with Gasteiger partial charge < -0.3 is 9.64 Å². The third-order valence-corrected chi connectivity index (χ3v) is 6.13. The van der Waals surface area contributed by atoms with Crippen LogP contribution in [-0.4, -0.2) is 46.7 Å². The molecule has 31 heavy (non-hydrogen) atoms. The second-order valence-electron chi connectivity index (χ2n) is 8.42. The highest BCUT2D eigenvalue weighted by atomic mass is 32.2. The van der Waals surface area contributed by atoms with Gasteiger partial charge in [0, 0.05) is 23.4 Å².